The molecule has 1 amide bonds. The van der Waals surface area contributed by atoms with Crippen molar-refractivity contribution in [3.63, 3.8) is 0 Å². The Bertz CT molecular complexity index is 1010. The van der Waals surface area contributed by atoms with Crippen LogP contribution in [0.2, 0.25) is 5.02 Å². The van der Waals surface area contributed by atoms with Crippen molar-refractivity contribution in [1.82, 2.24) is 10.3 Å². The average Bonchev–Trinajstić information content (AvgIpc) is 3.15. The van der Waals surface area contributed by atoms with Gasteiger partial charge in [0, 0.05) is 26.9 Å². The Balaban J connectivity index is 1.33. The smallest absolute Gasteiger partial charge is 0.226 e. The van der Waals surface area contributed by atoms with Gasteiger partial charge in [-0.25, -0.2) is 4.98 Å². The molecule has 1 unspecified atom stereocenters. The number of fused-ring (bicyclic) bond motifs is 1. The lowest BCUT2D eigenvalue weighted by Gasteiger charge is -2.26. The second kappa shape index (κ2) is 9.15. The molecule has 2 heterocycles. The molecule has 1 aliphatic heterocycles. The summed E-state index contributed by atoms with van der Waals surface area (Å²) < 4.78 is 12.3. The number of halogens is 2. The minimum atomic E-state index is -0.0601. The van der Waals surface area contributed by atoms with E-state index in [1.807, 2.05) is 35.7 Å². The lowest BCUT2D eigenvalue weighted by Crippen LogP contribution is -2.33. The van der Waals surface area contributed by atoms with E-state index >= 15 is 0 Å². The maximum atomic E-state index is 12.6. The molecule has 0 saturated heterocycles. The summed E-state index contributed by atoms with van der Waals surface area (Å²) in [6, 6.07) is 13.0. The van der Waals surface area contributed by atoms with Crippen molar-refractivity contribution < 1.29 is 14.3 Å². The van der Waals surface area contributed by atoms with Crippen molar-refractivity contribution in [3.8, 4) is 11.5 Å². The Morgan fingerprint density at radius 1 is 1.31 bits per heavy atom. The maximum Gasteiger partial charge on any atom is 0.226 e. The highest BCUT2D eigenvalue weighted by Gasteiger charge is 2.23. The number of benzene rings is 2. The molecular weight excluding hydrogens is 476 g/mol. The summed E-state index contributed by atoms with van der Waals surface area (Å²) in [6.07, 6.45) is 0.977. The van der Waals surface area contributed by atoms with Gasteiger partial charge in [0.05, 0.1) is 24.8 Å². The fourth-order valence-corrected chi connectivity index (χ4v) is 4.31. The normalized spacial score (nSPS) is 15.3. The fraction of sp³-hybridized carbons (Fsp3) is 0.238. The van der Waals surface area contributed by atoms with Gasteiger partial charge in [-0.1, -0.05) is 27.5 Å². The zero-order chi connectivity index (χ0) is 20.2. The molecule has 0 radical (unpaired) electrons. The van der Waals surface area contributed by atoms with Crippen LogP contribution in [0.5, 0.6) is 11.5 Å². The Morgan fingerprint density at radius 3 is 2.97 bits per heavy atom. The van der Waals surface area contributed by atoms with Gasteiger partial charge in [-0.15, -0.1) is 11.3 Å². The molecule has 8 heteroatoms. The molecule has 0 aliphatic carbocycles. The number of aromatic nitrogens is 1. The minimum Gasteiger partial charge on any atom is -0.493 e. The van der Waals surface area contributed by atoms with Crippen molar-refractivity contribution in [2.45, 2.75) is 25.5 Å². The van der Waals surface area contributed by atoms with Gasteiger partial charge in [0.15, 0.2) is 0 Å². The van der Waals surface area contributed by atoms with Gasteiger partial charge in [-0.05, 0) is 42.5 Å². The number of amides is 1. The first-order chi connectivity index (χ1) is 14.1. The molecule has 0 saturated carbocycles. The maximum absolute atomic E-state index is 12.6. The quantitative estimate of drug-likeness (QED) is 0.505. The number of ether oxygens (including phenoxy) is 2. The first kappa shape index (κ1) is 20.2. The third kappa shape index (κ3) is 5.29. The highest BCUT2D eigenvalue weighted by molar-refractivity contribution is 9.10. The molecule has 4 rings (SSSR count). The zero-order valence-electron chi connectivity index (χ0n) is 15.4. The topological polar surface area (TPSA) is 60.5 Å². The minimum absolute atomic E-state index is 0.0571. The number of nitrogens with zero attached hydrogens (tertiary/aromatic N) is 1. The second-order valence-electron chi connectivity index (χ2n) is 6.59. The van der Waals surface area contributed by atoms with E-state index < -0.39 is 0 Å². The summed E-state index contributed by atoms with van der Waals surface area (Å²) in [4.78, 5) is 17.1. The van der Waals surface area contributed by atoms with Crippen LogP contribution in [0.3, 0.4) is 0 Å². The van der Waals surface area contributed by atoms with Crippen LogP contribution in [0.4, 0.5) is 0 Å². The second-order valence-corrected chi connectivity index (χ2v) is 8.89. The van der Waals surface area contributed by atoms with E-state index in [0.29, 0.717) is 18.2 Å². The van der Waals surface area contributed by atoms with E-state index in [2.05, 4.69) is 26.2 Å². The van der Waals surface area contributed by atoms with Crippen LogP contribution in [0.1, 0.15) is 28.7 Å². The summed E-state index contributed by atoms with van der Waals surface area (Å²) in [5, 5.41) is 6.49. The SMILES string of the molecule is O=C(Cc1csc(COc2ccc(Cl)cc2)n1)NC1CCOc2ccc(Br)cc21. The lowest BCUT2D eigenvalue weighted by atomic mass is 10.0. The van der Waals surface area contributed by atoms with Crippen molar-refractivity contribution in [2.75, 3.05) is 6.61 Å². The number of thiazole rings is 1. The number of hydrogen-bond acceptors (Lipinski definition) is 5. The molecule has 0 fully saturated rings. The summed E-state index contributed by atoms with van der Waals surface area (Å²) in [7, 11) is 0. The number of hydrogen-bond donors (Lipinski definition) is 1. The monoisotopic (exact) mass is 492 g/mol. The standard InChI is InChI=1S/C21H18BrClN2O3S/c22-13-1-6-19-17(9-13)18(7-8-27-19)25-20(26)10-15-12-29-21(24-15)11-28-16-4-2-14(23)3-5-16/h1-6,9,12,18H,7-8,10-11H2,(H,25,26). The van der Waals surface area contributed by atoms with Gasteiger partial charge < -0.3 is 14.8 Å². The Hall–Kier alpha value is -2.09. The van der Waals surface area contributed by atoms with E-state index in [4.69, 9.17) is 21.1 Å². The van der Waals surface area contributed by atoms with Crippen LogP contribution < -0.4 is 14.8 Å². The van der Waals surface area contributed by atoms with Gasteiger partial charge in [0.25, 0.3) is 0 Å². The largest absolute Gasteiger partial charge is 0.493 e. The molecule has 5 nitrogen and oxygen atoms in total. The van der Waals surface area contributed by atoms with Gasteiger partial charge in [0.1, 0.15) is 23.1 Å². The predicted octanol–water partition coefficient (Wildman–Crippen LogP) is 5.32. The Morgan fingerprint density at radius 2 is 2.14 bits per heavy atom. The number of rotatable bonds is 6. The number of carbonyl (C=O) groups is 1. The third-order valence-electron chi connectivity index (χ3n) is 4.46. The van der Waals surface area contributed by atoms with Crippen LogP contribution in [0, 0.1) is 0 Å². The zero-order valence-corrected chi connectivity index (χ0v) is 18.5. The molecule has 1 N–H and O–H groups in total. The van der Waals surface area contributed by atoms with Crippen LogP contribution in [-0.4, -0.2) is 17.5 Å². The van der Waals surface area contributed by atoms with Crippen molar-refractivity contribution in [1.29, 1.82) is 0 Å². The van der Waals surface area contributed by atoms with E-state index in [1.165, 1.54) is 11.3 Å². The molecule has 0 bridgehead atoms. The summed E-state index contributed by atoms with van der Waals surface area (Å²) in [6.45, 7) is 0.942. The fourth-order valence-electron chi connectivity index (χ4n) is 3.10. The molecule has 29 heavy (non-hydrogen) atoms. The van der Waals surface area contributed by atoms with Gasteiger partial charge in [-0.3, -0.25) is 4.79 Å². The molecule has 0 spiro atoms. The van der Waals surface area contributed by atoms with Crippen LogP contribution in [-0.2, 0) is 17.8 Å². The highest BCUT2D eigenvalue weighted by Crippen LogP contribution is 2.34. The third-order valence-corrected chi connectivity index (χ3v) is 6.08. The molecule has 150 valence electrons. The Kier molecular flexibility index (Phi) is 6.37. The predicted molar refractivity (Wildman–Crippen MR) is 117 cm³/mol. The van der Waals surface area contributed by atoms with Crippen molar-refractivity contribution in [3.05, 3.63) is 73.6 Å². The average molecular weight is 494 g/mol. The molecule has 3 aromatic rings. The number of carbonyl (C=O) groups excluding carboxylic acids is 1. The van der Waals surface area contributed by atoms with E-state index in [0.717, 1.165) is 38.7 Å². The summed E-state index contributed by atoms with van der Waals surface area (Å²) in [5.41, 5.74) is 1.73. The summed E-state index contributed by atoms with van der Waals surface area (Å²) in [5.74, 6) is 1.49. The molecule has 1 atom stereocenters. The molecule has 1 aromatic heterocycles. The van der Waals surface area contributed by atoms with E-state index in [1.54, 1.807) is 12.1 Å². The first-order valence-corrected chi connectivity index (χ1v) is 11.1. The summed E-state index contributed by atoms with van der Waals surface area (Å²) >= 11 is 10.8. The van der Waals surface area contributed by atoms with Gasteiger partial charge >= 0.3 is 0 Å². The van der Waals surface area contributed by atoms with Crippen LogP contribution >= 0.6 is 38.9 Å². The molecule has 1 aliphatic rings. The van der Waals surface area contributed by atoms with Gasteiger partial charge in [0.2, 0.25) is 5.91 Å². The Labute approximate surface area is 186 Å². The number of nitrogens with one attached hydrogen (secondary N) is 1. The molecular formula is C21H18BrClN2O3S. The van der Waals surface area contributed by atoms with Crippen LogP contribution in [0.15, 0.2) is 52.3 Å². The van der Waals surface area contributed by atoms with Crippen LogP contribution in [0.25, 0.3) is 0 Å². The molecule has 2 aromatic carbocycles. The highest BCUT2D eigenvalue weighted by atomic mass is 79.9. The van der Waals surface area contributed by atoms with E-state index in [9.17, 15) is 4.79 Å². The lowest BCUT2D eigenvalue weighted by molar-refractivity contribution is -0.121. The van der Waals surface area contributed by atoms with Gasteiger partial charge in [-0.2, -0.15) is 0 Å². The van der Waals surface area contributed by atoms with Crippen molar-refractivity contribution in [2.24, 2.45) is 0 Å². The van der Waals surface area contributed by atoms with Crippen molar-refractivity contribution >= 4 is 44.8 Å². The van der Waals surface area contributed by atoms with E-state index in [-0.39, 0.29) is 18.4 Å². The first-order valence-electron chi connectivity index (χ1n) is 9.10.